The first-order chi connectivity index (χ1) is 10.3. The highest BCUT2D eigenvalue weighted by atomic mass is 19.4. The Hall–Kier alpha value is -2.77. The molecular formula is C14H11F3N2O3. The van der Waals surface area contributed by atoms with Crippen LogP contribution in [-0.4, -0.2) is 16.8 Å². The molecule has 116 valence electrons. The molecule has 0 aliphatic heterocycles. The smallest absolute Gasteiger partial charge is 0.406 e. The third-order valence-corrected chi connectivity index (χ3v) is 2.58. The fourth-order valence-corrected chi connectivity index (χ4v) is 1.69. The van der Waals surface area contributed by atoms with Crippen LogP contribution in [0.5, 0.6) is 5.75 Å². The lowest BCUT2D eigenvalue weighted by Crippen LogP contribution is -2.26. The van der Waals surface area contributed by atoms with Crippen molar-refractivity contribution < 1.29 is 22.7 Å². The van der Waals surface area contributed by atoms with Crippen LogP contribution >= 0.6 is 0 Å². The van der Waals surface area contributed by atoms with E-state index in [0.29, 0.717) is 5.69 Å². The van der Waals surface area contributed by atoms with Gasteiger partial charge in [-0.1, -0.05) is 6.07 Å². The Morgan fingerprint density at radius 3 is 2.41 bits per heavy atom. The molecule has 2 aromatic rings. The topological polar surface area (TPSA) is 60.3 Å². The van der Waals surface area contributed by atoms with Crippen LogP contribution in [0.3, 0.4) is 0 Å². The molecule has 0 saturated carbocycles. The highest BCUT2D eigenvalue weighted by Gasteiger charge is 2.30. The lowest BCUT2D eigenvalue weighted by atomic mass is 10.3. The van der Waals surface area contributed by atoms with E-state index in [2.05, 4.69) is 10.1 Å². The number of benzene rings is 1. The number of alkyl halides is 3. The van der Waals surface area contributed by atoms with Crippen molar-refractivity contribution in [3.63, 3.8) is 0 Å². The molecule has 0 aliphatic rings. The fraction of sp³-hybridized carbons (Fsp3) is 0.143. The molecule has 0 unspecified atom stereocenters. The number of hydrogen-bond acceptors (Lipinski definition) is 3. The van der Waals surface area contributed by atoms with Crippen LogP contribution in [0.15, 0.2) is 53.5 Å². The summed E-state index contributed by atoms with van der Waals surface area (Å²) in [5, 5.41) is 2.47. The van der Waals surface area contributed by atoms with Crippen LogP contribution in [0.1, 0.15) is 0 Å². The average Bonchev–Trinajstić information content (AvgIpc) is 2.42. The zero-order valence-electron chi connectivity index (χ0n) is 11.1. The van der Waals surface area contributed by atoms with Gasteiger partial charge in [-0.05, 0) is 30.3 Å². The van der Waals surface area contributed by atoms with Gasteiger partial charge in [0.25, 0.3) is 5.56 Å². The van der Waals surface area contributed by atoms with Gasteiger partial charge in [-0.15, -0.1) is 13.2 Å². The Labute approximate surface area is 122 Å². The van der Waals surface area contributed by atoms with E-state index in [0.717, 1.165) is 12.1 Å². The SMILES string of the molecule is O=C(Cn1ccccc1=O)Nc1ccc(OC(F)(F)F)cc1. The van der Waals surface area contributed by atoms with Gasteiger partial charge in [0.15, 0.2) is 0 Å². The molecule has 0 bridgehead atoms. The van der Waals surface area contributed by atoms with Crippen LogP contribution < -0.4 is 15.6 Å². The van der Waals surface area contributed by atoms with Crippen molar-refractivity contribution in [1.29, 1.82) is 0 Å². The Balaban J connectivity index is 1.97. The first kappa shape index (κ1) is 15.6. The van der Waals surface area contributed by atoms with E-state index in [4.69, 9.17) is 0 Å². The average molecular weight is 312 g/mol. The van der Waals surface area contributed by atoms with Crippen molar-refractivity contribution in [2.24, 2.45) is 0 Å². The highest BCUT2D eigenvalue weighted by molar-refractivity contribution is 5.90. The summed E-state index contributed by atoms with van der Waals surface area (Å²) < 4.78 is 40.9. The number of nitrogens with zero attached hydrogens (tertiary/aromatic N) is 1. The van der Waals surface area contributed by atoms with E-state index in [1.807, 2.05) is 0 Å². The van der Waals surface area contributed by atoms with Crippen LogP contribution in [0.4, 0.5) is 18.9 Å². The molecule has 0 fully saturated rings. The second-order valence-electron chi connectivity index (χ2n) is 4.29. The first-order valence-electron chi connectivity index (χ1n) is 6.15. The molecule has 2 rings (SSSR count). The molecule has 1 N–H and O–H groups in total. The number of amides is 1. The predicted octanol–water partition coefficient (Wildman–Crippen LogP) is 2.39. The molecule has 5 nitrogen and oxygen atoms in total. The number of carbonyl (C=O) groups is 1. The highest BCUT2D eigenvalue weighted by Crippen LogP contribution is 2.23. The van der Waals surface area contributed by atoms with Crippen molar-refractivity contribution in [1.82, 2.24) is 4.57 Å². The van der Waals surface area contributed by atoms with Gasteiger partial charge in [-0.2, -0.15) is 0 Å². The quantitative estimate of drug-likeness (QED) is 0.943. The van der Waals surface area contributed by atoms with E-state index in [9.17, 15) is 22.8 Å². The van der Waals surface area contributed by atoms with Crippen molar-refractivity contribution >= 4 is 11.6 Å². The number of rotatable bonds is 4. The predicted molar refractivity (Wildman–Crippen MR) is 72.5 cm³/mol. The summed E-state index contributed by atoms with van der Waals surface area (Å²) in [6, 6.07) is 9.18. The third-order valence-electron chi connectivity index (χ3n) is 2.58. The summed E-state index contributed by atoms with van der Waals surface area (Å²) in [7, 11) is 0. The molecule has 1 heterocycles. The van der Waals surface area contributed by atoms with E-state index < -0.39 is 12.3 Å². The van der Waals surface area contributed by atoms with Gasteiger partial charge in [0.1, 0.15) is 12.3 Å². The summed E-state index contributed by atoms with van der Waals surface area (Å²) in [5.74, 6) is -0.859. The van der Waals surface area contributed by atoms with Crippen LogP contribution in [0.25, 0.3) is 0 Å². The maximum atomic E-state index is 12.0. The number of hydrogen-bond donors (Lipinski definition) is 1. The minimum absolute atomic E-state index is 0.194. The monoisotopic (exact) mass is 312 g/mol. The number of nitrogens with one attached hydrogen (secondary N) is 1. The Morgan fingerprint density at radius 1 is 1.14 bits per heavy atom. The van der Waals surface area contributed by atoms with Crippen molar-refractivity contribution in [2.75, 3.05) is 5.32 Å². The van der Waals surface area contributed by atoms with Gasteiger partial charge in [0, 0.05) is 18.0 Å². The number of carbonyl (C=O) groups excluding carboxylic acids is 1. The third kappa shape index (κ3) is 4.65. The maximum Gasteiger partial charge on any atom is 0.573 e. The van der Waals surface area contributed by atoms with Gasteiger partial charge in [0.2, 0.25) is 5.91 Å². The minimum atomic E-state index is -4.76. The van der Waals surface area contributed by atoms with Crippen LogP contribution in [-0.2, 0) is 11.3 Å². The molecule has 1 aromatic heterocycles. The molecule has 1 amide bonds. The van der Waals surface area contributed by atoms with E-state index >= 15 is 0 Å². The van der Waals surface area contributed by atoms with Gasteiger partial charge in [-0.25, -0.2) is 0 Å². The summed E-state index contributed by atoms with van der Waals surface area (Å²) in [6.45, 7) is -0.194. The number of anilines is 1. The molecule has 0 saturated heterocycles. The molecule has 0 spiro atoms. The summed E-state index contributed by atoms with van der Waals surface area (Å²) in [5.41, 5.74) is -0.0323. The Bertz CT molecular complexity index is 708. The molecule has 0 atom stereocenters. The summed E-state index contributed by atoms with van der Waals surface area (Å²) >= 11 is 0. The second kappa shape index (κ2) is 6.33. The molecular weight excluding hydrogens is 301 g/mol. The zero-order valence-corrected chi connectivity index (χ0v) is 11.1. The lowest BCUT2D eigenvalue weighted by molar-refractivity contribution is -0.274. The lowest BCUT2D eigenvalue weighted by Gasteiger charge is -2.10. The largest absolute Gasteiger partial charge is 0.573 e. The van der Waals surface area contributed by atoms with Crippen molar-refractivity contribution in [3.8, 4) is 5.75 Å². The van der Waals surface area contributed by atoms with Gasteiger partial charge in [-0.3, -0.25) is 9.59 Å². The zero-order chi connectivity index (χ0) is 16.2. The Kier molecular flexibility index (Phi) is 4.50. The van der Waals surface area contributed by atoms with Crippen LogP contribution in [0.2, 0.25) is 0 Å². The fourth-order valence-electron chi connectivity index (χ4n) is 1.69. The van der Waals surface area contributed by atoms with Gasteiger partial charge < -0.3 is 14.6 Å². The van der Waals surface area contributed by atoms with Crippen molar-refractivity contribution in [3.05, 3.63) is 59.0 Å². The molecule has 1 aromatic carbocycles. The second-order valence-corrected chi connectivity index (χ2v) is 4.29. The molecule has 8 heteroatoms. The minimum Gasteiger partial charge on any atom is -0.406 e. The first-order valence-corrected chi connectivity index (χ1v) is 6.15. The maximum absolute atomic E-state index is 12.0. The number of halogens is 3. The normalized spacial score (nSPS) is 11.0. The molecule has 22 heavy (non-hydrogen) atoms. The van der Waals surface area contributed by atoms with E-state index in [-0.39, 0.29) is 17.9 Å². The Morgan fingerprint density at radius 2 is 1.82 bits per heavy atom. The number of aromatic nitrogens is 1. The summed E-state index contributed by atoms with van der Waals surface area (Å²) in [4.78, 5) is 23.2. The molecule has 0 aliphatic carbocycles. The number of ether oxygens (including phenoxy) is 1. The van der Waals surface area contributed by atoms with E-state index in [1.165, 1.54) is 29.0 Å². The number of pyridine rings is 1. The van der Waals surface area contributed by atoms with Crippen LogP contribution in [0, 0.1) is 0 Å². The van der Waals surface area contributed by atoms with Gasteiger partial charge in [0.05, 0.1) is 0 Å². The van der Waals surface area contributed by atoms with Crippen molar-refractivity contribution in [2.45, 2.75) is 12.9 Å². The molecule has 0 radical (unpaired) electrons. The summed E-state index contributed by atoms with van der Waals surface area (Å²) in [6.07, 6.45) is -3.30. The van der Waals surface area contributed by atoms with E-state index in [1.54, 1.807) is 12.1 Å². The standard InChI is InChI=1S/C14H11F3N2O3/c15-14(16,17)22-11-6-4-10(5-7-11)18-12(20)9-19-8-2-1-3-13(19)21/h1-8H,9H2,(H,18,20). The van der Waals surface area contributed by atoms with Gasteiger partial charge >= 0.3 is 6.36 Å².